The summed E-state index contributed by atoms with van der Waals surface area (Å²) in [7, 11) is 1.39. The minimum absolute atomic E-state index is 0.323. The molecule has 0 saturated heterocycles. The van der Waals surface area contributed by atoms with Crippen molar-refractivity contribution in [1.82, 2.24) is 10.4 Å². The molecular formula is C19H19N3O2S. The van der Waals surface area contributed by atoms with E-state index in [1.807, 2.05) is 66.0 Å². The number of anilines is 1. The lowest BCUT2D eigenvalue weighted by atomic mass is 10.1. The number of methoxy groups -OCH3 is 1. The summed E-state index contributed by atoms with van der Waals surface area (Å²) in [5, 5.41) is 2.67. The molecule has 2 aromatic carbocycles. The first-order chi connectivity index (χ1) is 12.3. The maximum atomic E-state index is 12.0. The van der Waals surface area contributed by atoms with Crippen molar-refractivity contribution in [3.05, 3.63) is 71.6 Å². The molecule has 0 saturated carbocycles. The lowest BCUT2D eigenvalue weighted by Gasteiger charge is -2.16. The average Bonchev–Trinajstić information content (AvgIpc) is 3.15. The second kappa shape index (κ2) is 8.41. The zero-order valence-corrected chi connectivity index (χ0v) is 14.6. The van der Waals surface area contributed by atoms with Crippen molar-refractivity contribution in [3.63, 3.8) is 0 Å². The van der Waals surface area contributed by atoms with Crippen LogP contribution in [0.1, 0.15) is 5.56 Å². The number of nitrogens with zero attached hydrogens (tertiary/aromatic N) is 1. The summed E-state index contributed by atoms with van der Waals surface area (Å²) in [5.41, 5.74) is 9.05. The highest BCUT2D eigenvalue weighted by molar-refractivity contribution is 7.14. The summed E-state index contributed by atoms with van der Waals surface area (Å²) in [6.45, 7) is 0. The number of benzene rings is 2. The lowest BCUT2D eigenvalue weighted by Crippen LogP contribution is -2.42. The Bertz CT molecular complexity index is 806. The molecular weight excluding hydrogens is 334 g/mol. The first-order valence-electron chi connectivity index (χ1n) is 7.90. The molecule has 0 spiro atoms. The van der Waals surface area contributed by atoms with Gasteiger partial charge in [0.1, 0.15) is 6.04 Å². The highest BCUT2D eigenvalue weighted by Crippen LogP contribution is 2.24. The monoisotopic (exact) mass is 353 g/mol. The summed E-state index contributed by atoms with van der Waals surface area (Å²) < 4.78 is 4.89. The maximum absolute atomic E-state index is 12.0. The molecule has 128 valence electrons. The molecule has 0 aliphatic rings. The van der Waals surface area contributed by atoms with E-state index in [2.05, 4.69) is 15.8 Å². The standard InChI is InChI=1S/C19H19N3O2S/c1-24-18(23)16(12-14-8-4-2-5-9-14)21-22-19-20-17(13-25-19)15-10-6-3-7-11-15/h2-11,13,16,21H,12H2,1H3,(H,20,22). The fourth-order valence-corrected chi connectivity index (χ4v) is 3.09. The largest absolute Gasteiger partial charge is 0.468 e. The van der Waals surface area contributed by atoms with Crippen LogP contribution in [0.25, 0.3) is 11.3 Å². The number of ether oxygens (including phenoxy) is 1. The van der Waals surface area contributed by atoms with Crippen LogP contribution in [-0.2, 0) is 16.0 Å². The molecule has 0 aliphatic carbocycles. The van der Waals surface area contributed by atoms with Gasteiger partial charge >= 0.3 is 5.97 Å². The number of hydrogen-bond acceptors (Lipinski definition) is 6. The van der Waals surface area contributed by atoms with Gasteiger partial charge in [-0.2, -0.15) is 0 Å². The van der Waals surface area contributed by atoms with Gasteiger partial charge in [-0.15, -0.1) is 11.3 Å². The molecule has 2 N–H and O–H groups in total. The SMILES string of the molecule is COC(=O)C(Cc1ccccc1)NNc1nc(-c2ccccc2)cs1. The van der Waals surface area contributed by atoms with Crippen LogP contribution >= 0.6 is 11.3 Å². The fourth-order valence-electron chi connectivity index (χ4n) is 2.41. The van der Waals surface area contributed by atoms with Crippen molar-refractivity contribution in [2.45, 2.75) is 12.5 Å². The van der Waals surface area contributed by atoms with E-state index < -0.39 is 6.04 Å². The van der Waals surface area contributed by atoms with Crippen LogP contribution in [0.15, 0.2) is 66.0 Å². The number of rotatable bonds is 7. The minimum atomic E-state index is -0.503. The molecule has 0 bridgehead atoms. The number of nitrogens with one attached hydrogen (secondary N) is 2. The van der Waals surface area contributed by atoms with Crippen LogP contribution in [0.5, 0.6) is 0 Å². The van der Waals surface area contributed by atoms with Crippen LogP contribution in [-0.4, -0.2) is 24.1 Å². The molecule has 0 fully saturated rings. The smallest absolute Gasteiger partial charge is 0.325 e. The van der Waals surface area contributed by atoms with Gasteiger partial charge in [0.25, 0.3) is 0 Å². The Morgan fingerprint density at radius 1 is 1.12 bits per heavy atom. The van der Waals surface area contributed by atoms with Crippen molar-refractivity contribution in [2.24, 2.45) is 0 Å². The number of thiazole rings is 1. The van der Waals surface area contributed by atoms with E-state index in [9.17, 15) is 4.79 Å². The first kappa shape index (κ1) is 17.1. The fraction of sp³-hybridized carbons (Fsp3) is 0.158. The maximum Gasteiger partial charge on any atom is 0.325 e. The normalized spacial score (nSPS) is 11.7. The molecule has 0 radical (unpaired) electrons. The van der Waals surface area contributed by atoms with Gasteiger partial charge in [0.05, 0.1) is 12.8 Å². The summed E-state index contributed by atoms with van der Waals surface area (Å²) >= 11 is 1.48. The van der Waals surface area contributed by atoms with Gasteiger partial charge in [0.15, 0.2) is 5.13 Å². The predicted octanol–water partition coefficient (Wildman–Crippen LogP) is 3.51. The molecule has 3 aromatic rings. The molecule has 3 rings (SSSR count). The number of hydrazine groups is 1. The Morgan fingerprint density at radius 2 is 1.80 bits per heavy atom. The predicted molar refractivity (Wildman–Crippen MR) is 100 cm³/mol. The molecule has 1 unspecified atom stereocenters. The zero-order valence-electron chi connectivity index (χ0n) is 13.8. The summed E-state index contributed by atoms with van der Waals surface area (Å²) in [5.74, 6) is -0.323. The number of aromatic nitrogens is 1. The Labute approximate surface area is 150 Å². The Kier molecular flexibility index (Phi) is 5.77. The van der Waals surface area contributed by atoms with Crippen LogP contribution in [0.3, 0.4) is 0 Å². The van der Waals surface area contributed by atoms with E-state index >= 15 is 0 Å². The second-order valence-electron chi connectivity index (χ2n) is 5.44. The summed E-state index contributed by atoms with van der Waals surface area (Å²) in [4.78, 5) is 16.6. The van der Waals surface area contributed by atoms with Gasteiger partial charge in [0.2, 0.25) is 0 Å². The van der Waals surface area contributed by atoms with Crippen LogP contribution in [0, 0.1) is 0 Å². The zero-order chi connectivity index (χ0) is 17.5. The van der Waals surface area contributed by atoms with Crippen molar-refractivity contribution in [1.29, 1.82) is 0 Å². The highest BCUT2D eigenvalue weighted by Gasteiger charge is 2.19. The van der Waals surface area contributed by atoms with Crippen LogP contribution < -0.4 is 10.9 Å². The lowest BCUT2D eigenvalue weighted by molar-refractivity contribution is -0.142. The molecule has 0 amide bonds. The Balaban J connectivity index is 1.65. The van der Waals surface area contributed by atoms with Gasteiger partial charge < -0.3 is 4.74 Å². The molecule has 5 nitrogen and oxygen atoms in total. The van der Waals surface area contributed by atoms with Gasteiger partial charge in [-0.3, -0.25) is 10.2 Å². The average molecular weight is 353 g/mol. The first-order valence-corrected chi connectivity index (χ1v) is 8.78. The molecule has 1 heterocycles. The van der Waals surface area contributed by atoms with E-state index in [0.717, 1.165) is 16.8 Å². The quantitative estimate of drug-likeness (QED) is 0.503. The van der Waals surface area contributed by atoms with E-state index in [0.29, 0.717) is 11.6 Å². The van der Waals surface area contributed by atoms with Gasteiger partial charge in [-0.05, 0) is 5.56 Å². The second-order valence-corrected chi connectivity index (χ2v) is 6.30. The van der Waals surface area contributed by atoms with Crippen LogP contribution in [0.4, 0.5) is 5.13 Å². The third-order valence-electron chi connectivity index (χ3n) is 3.70. The van der Waals surface area contributed by atoms with Crippen molar-refractivity contribution in [3.8, 4) is 11.3 Å². The number of hydrogen-bond donors (Lipinski definition) is 2. The minimum Gasteiger partial charge on any atom is -0.468 e. The Hall–Kier alpha value is -2.70. The topological polar surface area (TPSA) is 63.2 Å². The molecule has 6 heteroatoms. The van der Waals surface area contributed by atoms with Gasteiger partial charge in [-0.1, -0.05) is 60.7 Å². The highest BCUT2D eigenvalue weighted by atomic mass is 32.1. The molecule has 1 atom stereocenters. The van der Waals surface area contributed by atoms with E-state index in [-0.39, 0.29) is 5.97 Å². The molecule has 1 aromatic heterocycles. The molecule has 0 aliphatic heterocycles. The van der Waals surface area contributed by atoms with E-state index in [1.54, 1.807) is 0 Å². The summed E-state index contributed by atoms with van der Waals surface area (Å²) in [6.07, 6.45) is 0.525. The number of carbonyl (C=O) groups is 1. The summed E-state index contributed by atoms with van der Waals surface area (Å²) in [6, 6.07) is 19.3. The van der Waals surface area contributed by atoms with Crippen molar-refractivity contribution < 1.29 is 9.53 Å². The van der Waals surface area contributed by atoms with Gasteiger partial charge in [-0.25, -0.2) is 10.4 Å². The Morgan fingerprint density at radius 3 is 2.48 bits per heavy atom. The van der Waals surface area contributed by atoms with Gasteiger partial charge in [0, 0.05) is 17.4 Å². The number of carbonyl (C=O) groups excluding carboxylic acids is 1. The van der Waals surface area contributed by atoms with Crippen molar-refractivity contribution in [2.75, 3.05) is 12.5 Å². The molecule has 25 heavy (non-hydrogen) atoms. The van der Waals surface area contributed by atoms with Crippen molar-refractivity contribution >= 4 is 22.4 Å². The third-order valence-corrected chi connectivity index (χ3v) is 4.45. The van der Waals surface area contributed by atoms with E-state index in [1.165, 1.54) is 18.4 Å². The van der Waals surface area contributed by atoms with Crippen LogP contribution in [0.2, 0.25) is 0 Å². The number of esters is 1. The van der Waals surface area contributed by atoms with E-state index in [4.69, 9.17) is 4.74 Å². The third kappa shape index (κ3) is 4.65.